The highest BCUT2D eigenvalue weighted by Gasteiger charge is 2.28. The fourth-order valence-electron chi connectivity index (χ4n) is 1.86. The zero-order valence-corrected chi connectivity index (χ0v) is 9.12. The third kappa shape index (κ3) is 2.38. The summed E-state index contributed by atoms with van der Waals surface area (Å²) < 4.78 is 1.51. The highest BCUT2D eigenvalue weighted by atomic mass is 16.3. The number of carbonyl (C=O) groups is 1. The van der Waals surface area contributed by atoms with Gasteiger partial charge in [0, 0.05) is 12.6 Å². The predicted octanol–water partition coefficient (Wildman–Crippen LogP) is -0.349. The minimum Gasteiger partial charge on any atom is -0.395 e. The second-order valence-corrected chi connectivity index (χ2v) is 3.99. The minimum absolute atomic E-state index is 0.00394. The molecule has 0 saturated heterocycles. The van der Waals surface area contributed by atoms with E-state index in [1.54, 1.807) is 4.90 Å². The molecule has 6 heteroatoms. The number of aromatic nitrogens is 3. The second kappa shape index (κ2) is 5.07. The van der Waals surface area contributed by atoms with Crippen molar-refractivity contribution in [1.29, 1.82) is 0 Å². The number of rotatable bonds is 5. The van der Waals surface area contributed by atoms with Crippen LogP contribution in [0.4, 0.5) is 0 Å². The topological polar surface area (TPSA) is 71.2 Å². The molecule has 0 spiro atoms. The van der Waals surface area contributed by atoms with Crippen molar-refractivity contribution in [3.63, 3.8) is 0 Å². The van der Waals surface area contributed by atoms with Crippen molar-refractivity contribution in [3.05, 3.63) is 12.7 Å². The Bertz CT molecular complexity index is 335. The van der Waals surface area contributed by atoms with Crippen LogP contribution in [0.25, 0.3) is 0 Å². The van der Waals surface area contributed by atoms with Gasteiger partial charge in [0.15, 0.2) is 0 Å². The summed E-state index contributed by atoms with van der Waals surface area (Å²) in [7, 11) is 0. The molecule has 1 aromatic rings. The van der Waals surface area contributed by atoms with E-state index in [2.05, 4.69) is 10.1 Å². The van der Waals surface area contributed by atoms with E-state index in [0.29, 0.717) is 12.6 Å². The Morgan fingerprint density at radius 2 is 2.38 bits per heavy atom. The molecule has 1 aliphatic rings. The molecular weight excluding hydrogens is 208 g/mol. The molecule has 1 N–H and O–H groups in total. The Hall–Kier alpha value is -1.43. The van der Waals surface area contributed by atoms with Crippen LogP contribution < -0.4 is 0 Å². The summed E-state index contributed by atoms with van der Waals surface area (Å²) in [5, 5.41) is 12.8. The zero-order chi connectivity index (χ0) is 11.4. The van der Waals surface area contributed by atoms with E-state index in [1.165, 1.54) is 23.8 Å². The predicted molar refractivity (Wildman–Crippen MR) is 56.5 cm³/mol. The fraction of sp³-hybridized carbons (Fsp3) is 0.700. The molecule has 88 valence electrons. The summed E-state index contributed by atoms with van der Waals surface area (Å²) in [6, 6.07) is 0.308. The molecule has 0 atom stereocenters. The van der Waals surface area contributed by atoms with Crippen LogP contribution in [0.2, 0.25) is 0 Å². The van der Waals surface area contributed by atoms with Crippen LogP contribution in [-0.4, -0.2) is 49.9 Å². The van der Waals surface area contributed by atoms with Gasteiger partial charge in [-0.05, 0) is 19.3 Å². The maximum absolute atomic E-state index is 12.0. The lowest BCUT2D eigenvalue weighted by Crippen LogP contribution is -2.47. The van der Waals surface area contributed by atoms with Gasteiger partial charge in [-0.2, -0.15) is 5.10 Å². The SMILES string of the molecule is O=C(Cn1cncn1)N(CCO)C1CCC1. The smallest absolute Gasteiger partial charge is 0.244 e. The summed E-state index contributed by atoms with van der Waals surface area (Å²) in [5.74, 6) is 0.00394. The minimum atomic E-state index is 0.00394. The first-order valence-corrected chi connectivity index (χ1v) is 5.54. The van der Waals surface area contributed by atoms with Gasteiger partial charge in [-0.25, -0.2) is 9.67 Å². The number of hydrogen-bond donors (Lipinski definition) is 1. The van der Waals surface area contributed by atoms with E-state index in [1.807, 2.05) is 0 Å². The summed E-state index contributed by atoms with van der Waals surface area (Å²) in [5.41, 5.74) is 0. The van der Waals surface area contributed by atoms with Gasteiger partial charge in [0.1, 0.15) is 19.2 Å². The summed E-state index contributed by atoms with van der Waals surface area (Å²) in [6.07, 6.45) is 6.19. The molecule has 0 unspecified atom stereocenters. The van der Waals surface area contributed by atoms with Gasteiger partial charge in [0.25, 0.3) is 0 Å². The van der Waals surface area contributed by atoms with E-state index < -0.39 is 0 Å². The monoisotopic (exact) mass is 224 g/mol. The number of hydrogen-bond acceptors (Lipinski definition) is 4. The van der Waals surface area contributed by atoms with Crippen molar-refractivity contribution in [3.8, 4) is 0 Å². The largest absolute Gasteiger partial charge is 0.395 e. The first-order chi connectivity index (χ1) is 7.81. The standard InChI is InChI=1S/C10H16N4O2/c15-5-4-14(9-2-1-3-9)10(16)6-13-8-11-7-12-13/h7-9,15H,1-6H2. The van der Waals surface area contributed by atoms with Crippen molar-refractivity contribution in [2.75, 3.05) is 13.2 Å². The first-order valence-electron chi connectivity index (χ1n) is 5.54. The van der Waals surface area contributed by atoms with E-state index in [4.69, 9.17) is 5.11 Å². The maximum Gasteiger partial charge on any atom is 0.244 e. The quantitative estimate of drug-likeness (QED) is 0.742. The molecule has 1 saturated carbocycles. The third-order valence-corrected chi connectivity index (χ3v) is 2.94. The van der Waals surface area contributed by atoms with Crippen molar-refractivity contribution in [1.82, 2.24) is 19.7 Å². The molecule has 0 aromatic carbocycles. The van der Waals surface area contributed by atoms with Crippen molar-refractivity contribution < 1.29 is 9.90 Å². The van der Waals surface area contributed by atoms with E-state index in [-0.39, 0.29) is 19.1 Å². The van der Waals surface area contributed by atoms with Crippen LogP contribution >= 0.6 is 0 Å². The normalized spacial score (nSPS) is 15.8. The average molecular weight is 224 g/mol. The molecular formula is C10H16N4O2. The van der Waals surface area contributed by atoms with Crippen molar-refractivity contribution in [2.45, 2.75) is 31.8 Å². The highest BCUT2D eigenvalue weighted by molar-refractivity contribution is 5.76. The van der Waals surface area contributed by atoms with E-state index in [9.17, 15) is 4.79 Å². The van der Waals surface area contributed by atoms with Crippen LogP contribution in [0.15, 0.2) is 12.7 Å². The average Bonchev–Trinajstić information content (AvgIpc) is 2.67. The Labute approximate surface area is 93.9 Å². The van der Waals surface area contributed by atoms with Gasteiger partial charge in [-0.1, -0.05) is 0 Å². The van der Waals surface area contributed by atoms with Gasteiger partial charge in [0.2, 0.25) is 5.91 Å². The number of aliphatic hydroxyl groups excluding tert-OH is 1. The van der Waals surface area contributed by atoms with Crippen molar-refractivity contribution >= 4 is 5.91 Å². The molecule has 1 amide bonds. The molecule has 1 aromatic heterocycles. The molecule has 1 heterocycles. The van der Waals surface area contributed by atoms with E-state index in [0.717, 1.165) is 12.8 Å². The summed E-state index contributed by atoms with van der Waals surface area (Å²) >= 11 is 0. The first kappa shape index (κ1) is 11.1. The lowest BCUT2D eigenvalue weighted by atomic mass is 9.91. The van der Waals surface area contributed by atoms with Crippen LogP contribution in [0.3, 0.4) is 0 Å². The van der Waals surface area contributed by atoms with Crippen molar-refractivity contribution in [2.24, 2.45) is 0 Å². The number of aliphatic hydroxyl groups is 1. The Balaban J connectivity index is 1.93. The summed E-state index contributed by atoms with van der Waals surface area (Å²) in [4.78, 5) is 17.5. The third-order valence-electron chi connectivity index (χ3n) is 2.94. The Morgan fingerprint density at radius 3 is 2.88 bits per heavy atom. The Morgan fingerprint density at radius 1 is 1.56 bits per heavy atom. The van der Waals surface area contributed by atoms with Crippen LogP contribution in [0, 0.1) is 0 Å². The van der Waals surface area contributed by atoms with E-state index >= 15 is 0 Å². The van der Waals surface area contributed by atoms with Gasteiger partial charge < -0.3 is 10.0 Å². The molecule has 1 fully saturated rings. The number of amides is 1. The van der Waals surface area contributed by atoms with Gasteiger partial charge in [0.05, 0.1) is 6.61 Å². The number of carbonyl (C=O) groups excluding carboxylic acids is 1. The molecule has 0 radical (unpaired) electrons. The molecule has 0 bridgehead atoms. The molecule has 0 aliphatic heterocycles. The molecule has 2 rings (SSSR count). The van der Waals surface area contributed by atoms with Gasteiger partial charge in [-0.15, -0.1) is 0 Å². The Kier molecular flexibility index (Phi) is 3.51. The molecule has 6 nitrogen and oxygen atoms in total. The van der Waals surface area contributed by atoms with Crippen LogP contribution in [0.5, 0.6) is 0 Å². The van der Waals surface area contributed by atoms with Gasteiger partial charge >= 0.3 is 0 Å². The fourth-order valence-corrected chi connectivity index (χ4v) is 1.86. The molecule has 16 heavy (non-hydrogen) atoms. The van der Waals surface area contributed by atoms with Crippen LogP contribution in [-0.2, 0) is 11.3 Å². The maximum atomic E-state index is 12.0. The lowest BCUT2D eigenvalue weighted by molar-refractivity contribution is -0.136. The highest BCUT2D eigenvalue weighted by Crippen LogP contribution is 2.24. The summed E-state index contributed by atoms with van der Waals surface area (Å²) in [6.45, 7) is 0.633. The van der Waals surface area contributed by atoms with Gasteiger partial charge in [-0.3, -0.25) is 4.79 Å². The molecule has 1 aliphatic carbocycles. The lowest BCUT2D eigenvalue weighted by Gasteiger charge is -2.37. The zero-order valence-electron chi connectivity index (χ0n) is 9.12. The second-order valence-electron chi connectivity index (χ2n) is 3.99. The number of nitrogens with zero attached hydrogens (tertiary/aromatic N) is 4. The van der Waals surface area contributed by atoms with Crippen LogP contribution in [0.1, 0.15) is 19.3 Å².